The molecule has 2 unspecified atom stereocenters. The lowest BCUT2D eigenvalue weighted by Crippen LogP contribution is -2.41. The van der Waals surface area contributed by atoms with Gasteiger partial charge in [-0.2, -0.15) is 0 Å². The average molecular weight is 278 g/mol. The molecule has 1 heterocycles. The molecule has 1 aliphatic rings. The molecular formula is C14H18N2O4. The van der Waals surface area contributed by atoms with E-state index in [-0.39, 0.29) is 23.7 Å². The van der Waals surface area contributed by atoms with Crippen molar-refractivity contribution in [2.75, 3.05) is 11.9 Å². The summed E-state index contributed by atoms with van der Waals surface area (Å²) in [5.41, 5.74) is 1.40. The van der Waals surface area contributed by atoms with Crippen molar-refractivity contribution in [1.82, 2.24) is 5.32 Å². The van der Waals surface area contributed by atoms with Gasteiger partial charge in [0.05, 0.1) is 17.7 Å². The molecule has 0 radical (unpaired) electrons. The predicted molar refractivity (Wildman–Crippen MR) is 74.1 cm³/mol. The first kappa shape index (κ1) is 14.3. The molecule has 6 nitrogen and oxygen atoms in total. The summed E-state index contributed by atoms with van der Waals surface area (Å²) in [7, 11) is 0. The van der Waals surface area contributed by atoms with Gasteiger partial charge in [0.1, 0.15) is 0 Å². The summed E-state index contributed by atoms with van der Waals surface area (Å²) in [6.45, 7) is 4.27. The first-order valence-electron chi connectivity index (χ1n) is 6.50. The topological polar surface area (TPSA) is 87.7 Å². The molecule has 20 heavy (non-hydrogen) atoms. The largest absolute Gasteiger partial charge is 0.478 e. The lowest BCUT2D eigenvalue weighted by atomic mass is 10.1. The number of ether oxygens (including phenoxy) is 1. The number of hydrogen-bond donors (Lipinski definition) is 3. The molecule has 1 aliphatic heterocycles. The Bertz CT molecular complexity index is 530. The van der Waals surface area contributed by atoms with E-state index in [0.717, 1.165) is 6.42 Å². The van der Waals surface area contributed by atoms with Gasteiger partial charge in [-0.1, -0.05) is 0 Å². The Morgan fingerprint density at radius 1 is 1.40 bits per heavy atom. The van der Waals surface area contributed by atoms with E-state index >= 15 is 0 Å². The molecule has 0 saturated carbocycles. The maximum atomic E-state index is 11.8. The number of carbonyl (C=O) groups excluding carboxylic acids is 1. The fourth-order valence-corrected chi connectivity index (χ4v) is 2.24. The number of anilines is 1. The van der Waals surface area contributed by atoms with Crippen LogP contribution in [0.4, 0.5) is 10.5 Å². The van der Waals surface area contributed by atoms with Crippen LogP contribution in [0.2, 0.25) is 0 Å². The molecule has 2 amide bonds. The maximum absolute atomic E-state index is 11.8. The summed E-state index contributed by atoms with van der Waals surface area (Å²) in [5, 5.41) is 14.5. The van der Waals surface area contributed by atoms with Crippen molar-refractivity contribution in [1.29, 1.82) is 0 Å². The third-order valence-corrected chi connectivity index (χ3v) is 3.41. The van der Waals surface area contributed by atoms with Crippen LogP contribution >= 0.6 is 0 Å². The van der Waals surface area contributed by atoms with Gasteiger partial charge in [0.2, 0.25) is 0 Å². The van der Waals surface area contributed by atoms with E-state index in [1.54, 1.807) is 19.1 Å². The van der Waals surface area contributed by atoms with E-state index in [1.165, 1.54) is 6.07 Å². The van der Waals surface area contributed by atoms with Crippen LogP contribution in [0, 0.1) is 6.92 Å². The van der Waals surface area contributed by atoms with Crippen LogP contribution < -0.4 is 10.6 Å². The molecular weight excluding hydrogens is 260 g/mol. The molecule has 2 atom stereocenters. The van der Waals surface area contributed by atoms with Crippen molar-refractivity contribution >= 4 is 17.7 Å². The minimum Gasteiger partial charge on any atom is -0.478 e. The second-order valence-corrected chi connectivity index (χ2v) is 4.90. The second-order valence-electron chi connectivity index (χ2n) is 4.90. The van der Waals surface area contributed by atoms with Gasteiger partial charge in [-0.3, -0.25) is 0 Å². The third-order valence-electron chi connectivity index (χ3n) is 3.41. The number of urea groups is 1. The summed E-state index contributed by atoms with van der Waals surface area (Å²) >= 11 is 0. The van der Waals surface area contributed by atoms with E-state index in [1.807, 2.05) is 6.92 Å². The van der Waals surface area contributed by atoms with E-state index in [2.05, 4.69) is 10.6 Å². The molecule has 0 aliphatic carbocycles. The Morgan fingerprint density at radius 3 is 2.70 bits per heavy atom. The van der Waals surface area contributed by atoms with Crippen LogP contribution in [0.25, 0.3) is 0 Å². The van der Waals surface area contributed by atoms with E-state index in [9.17, 15) is 9.59 Å². The number of carboxylic acids is 1. The molecule has 1 fully saturated rings. The molecule has 1 aromatic rings. The lowest BCUT2D eigenvalue weighted by molar-refractivity contribution is 0.0696. The zero-order valence-corrected chi connectivity index (χ0v) is 11.5. The van der Waals surface area contributed by atoms with Crippen LogP contribution in [-0.4, -0.2) is 35.9 Å². The number of carbonyl (C=O) groups is 2. The minimum atomic E-state index is -0.976. The van der Waals surface area contributed by atoms with Crippen molar-refractivity contribution in [2.45, 2.75) is 32.4 Å². The molecule has 1 aromatic carbocycles. The van der Waals surface area contributed by atoms with Gasteiger partial charge >= 0.3 is 12.0 Å². The van der Waals surface area contributed by atoms with Gasteiger partial charge in [-0.05, 0) is 44.0 Å². The lowest BCUT2D eigenvalue weighted by Gasteiger charge is -2.16. The fourth-order valence-electron chi connectivity index (χ4n) is 2.24. The van der Waals surface area contributed by atoms with E-state index < -0.39 is 5.97 Å². The zero-order valence-electron chi connectivity index (χ0n) is 11.5. The number of aromatic carboxylic acids is 1. The van der Waals surface area contributed by atoms with Gasteiger partial charge in [-0.15, -0.1) is 0 Å². The van der Waals surface area contributed by atoms with E-state index in [0.29, 0.717) is 17.9 Å². The highest BCUT2D eigenvalue weighted by molar-refractivity contribution is 5.92. The standard InChI is InChI=1S/C14H18N2O4/c1-8-7-10(3-4-11(8)13(17)18)15-14(19)16-12-5-6-20-9(12)2/h3-4,7,9,12H,5-6H2,1-2H3,(H,17,18)(H2,15,16,19). The summed E-state index contributed by atoms with van der Waals surface area (Å²) in [6, 6.07) is 4.39. The number of hydrogen-bond acceptors (Lipinski definition) is 3. The van der Waals surface area contributed by atoms with Crippen molar-refractivity contribution in [3.63, 3.8) is 0 Å². The molecule has 0 spiro atoms. The zero-order chi connectivity index (χ0) is 14.7. The molecule has 6 heteroatoms. The SMILES string of the molecule is Cc1cc(NC(=O)NC2CCOC2C)ccc1C(=O)O. The Labute approximate surface area is 117 Å². The summed E-state index contributed by atoms with van der Waals surface area (Å²) in [6.07, 6.45) is 0.808. The van der Waals surface area contributed by atoms with Gasteiger partial charge < -0.3 is 20.5 Å². The number of aryl methyl sites for hydroxylation is 1. The normalized spacial score (nSPS) is 21.5. The number of benzene rings is 1. The van der Waals surface area contributed by atoms with Gasteiger partial charge in [0.15, 0.2) is 0 Å². The van der Waals surface area contributed by atoms with Crippen molar-refractivity contribution in [3.8, 4) is 0 Å². The number of nitrogens with one attached hydrogen (secondary N) is 2. The Kier molecular flexibility index (Phi) is 4.24. The summed E-state index contributed by atoms with van der Waals surface area (Å²) in [5.74, 6) is -0.976. The smallest absolute Gasteiger partial charge is 0.335 e. The number of amides is 2. The second kappa shape index (κ2) is 5.92. The predicted octanol–water partition coefficient (Wildman–Crippen LogP) is 1.99. The molecule has 1 saturated heterocycles. The summed E-state index contributed by atoms with van der Waals surface area (Å²) in [4.78, 5) is 22.8. The maximum Gasteiger partial charge on any atom is 0.335 e. The van der Waals surface area contributed by atoms with E-state index in [4.69, 9.17) is 9.84 Å². The van der Waals surface area contributed by atoms with Gasteiger partial charge in [0, 0.05) is 12.3 Å². The first-order chi connectivity index (χ1) is 9.47. The van der Waals surface area contributed by atoms with Crippen LogP contribution in [0.15, 0.2) is 18.2 Å². The Morgan fingerprint density at radius 2 is 2.15 bits per heavy atom. The Hall–Kier alpha value is -2.08. The average Bonchev–Trinajstić information content (AvgIpc) is 2.74. The quantitative estimate of drug-likeness (QED) is 0.789. The number of carboxylic acid groups (broad SMARTS) is 1. The van der Waals surface area contributed by atoms with Crippen LogP contribution in [0.3, 0.4) is 0 Å². The monoisotopic (exact) mass is 278 g/mol. The highest BCUT2D eigenvalue weighted by Gasteiger charge is 2.25. The van der Waals surface area contributed by atoms with Crippen LogP contribution in [0.1, 0.15) is 29.3 Å². The highest BCUT2D eigenvalue weighted by atomic mass is 16.5. The van der Waals surface area contributed by atoms with Crippen LogP contribution in [0.5, 0.6) is 0 Å². The molecule has 108 valence electrons. The van der Waals surface area contributed by atoms with Crippen molar-refractivity contribution < 1.29 is 19.4 Å². The van der Waals surface area contributed by atoms with Gasteiger partial charge in [0.25, 0.3) is 0 Å². The summed E-state index contributed by atoms with van der Waals surface area (Å²) < 4.78 is 5.37. The van der Waals surface area contributed by atoms with Gasteiger partial charge in [-0.25, -0.2) is 9.59 Å². The fraction of sp³-hybridized carbons (Fsp3) is 0.429. The number of rotatable bonds is 3. The molecule has 3 N–H and O–H groups in total. The third kappa shape index (κ3) is 3.27. The molecule has 0 bridgehead atoms. The molecule has 2 rings (SSSR count). The van der Waals surface area contributed by atoms with Crippen molar-refractivity contribution in [2.24, 2.45) is 0 Å². The van der Waals surface area contributed by atoms with Crippen molar-refractivity contribution in [3.05, 3.63) is 29.3 Å². The van der Waals surface area contributed by atoms with Crippen LogP contribution in [-0.2, 0) is 4.74 Å². The molecule has 0 aromatic heterocycles. The highest BCUT2D eigenvalue weighted by Crippen LogP contribution is 2.16. The minimum absolute atomic E-state index is 0.00869. The first-order valence-corrected chi connectivity index (χ1v) is 6.50. The Balaban J connectivity index is 1.97.